The fourth-order valence-electron chi connectivity index (χ4n) is 2.49. The summed E-state index contributed by atoms with van der Waals surface area (Å²) in [7, 11) is 0. The van der Waals surface area contributed by atoms with E-state index in [1.165, 1.54) is 0 Å². The van der Waals surface area contributed by atoms with E-state index in [-0.39, 0.29) is 6.67 Å². The van der Waals surface area contributed by atoms with Crippen LogP contribution < -0.4 is 5.73 Å². The van der Waals surface area contributed by atoms with Gasteiger partial charge in [-0.1, -0.05) is 0 Å². The molecule has 11 heavy (non-hydrogen) atoms. The molecule has 2 nitrogen and oxygen atoms in total. The van der Waals surface area contributed by atoms with Crippen molar-refractivity contribution in [3.63, 3.8) is 0 Å². The second kappa shape index (κ2) is 2.42. The minimum atomic E-state index is -0.206. The topological polar surface area (TPSA) is 29.3 Å². The highest BCUT2D eigenvalue weighted by Crippen LogP contribution is 2.47. The van der Waals surface area contributed by atoms with Gasteiger partial charge in [-0.05, 0) is 18.3 Å². The van der Waals surface area contributed by atoms with Gasteiger partial charge in [-0.15, -0.1) is 0 Å². The van der Waals surface area contributed by atoms with Crippen LogP contribution in [0.3, 0.4) is 0 Å². The first-order valence-electron chi connectivity index (χ1n) is 4.28. The largest absolute Gasteiger partial charge is 0.328 e. The summed E-state index contributed by atoms with van der Waals surface area (Å²) < 4.78 is 11.8. The molecular formula is C8H15FN2. The maximum atomic E-state index is 11.8. The van der Waals surface area contributed by atoms with E-state index in [2.05, 4.69) is 4.90 Å². The number of hydrogen-bond acceptors (Lipinski definition) is 2. The molecule has 64 valence electrons. The Balaban J connectivity index is 1.72. The van der Waals surface area contributed by atoms with E-state index >= 15 is 0 Å². The molecule has 0 unspecified atom stereocenters. The van der Waals surface area contributed by atoms with Crippen LogP contribution in [0.5, 0.6) is 0 Å². The molecule has 1 aliphatic heterocycles. The van der Waals surface area contributed by atoms with Crippen molar-refractivity contribution in [2.75, 3.05) is 26.3 Å². The predicted molar refractivity (Wildman–Crippen MR) is 42.1 cm³/mol. The summed E-state index contributed by atoms with van der Waals surface area (Å²) in [6, 6.07) is 0.433. The van der Waals surface area contributed by atoms with Crippen LogP contribution in [0.25, 0.3) is 0 Å². The van der Waals surface area contributed by atoms with E-state index in [9.17, 15) is 4.39 Å². The van der Waals surface area contributed by atoms with Crippen molar-refractivity contribution < 1.29 is 4.39 Å². The first kappa shape index (κ1) is 7.50. The highest BCUT2D eigenvalue weighted by Gasteiger charge is 2.50. The Morgan fingerprint density at radius 1 is 1.45 bits per heavy atom. The molecule has 0 aromatic rings. The zero-order chi connectivity index (χ0) is 7.90. The SMILES string of the molecule is NC1CC2(C1)CN(CCF)C2. The summed E-state index contributed by atoms with van der Waals surface area (Å²) in [5.41, 5.74) is 6.21. The van der Waals surface area contributed by atoms with Crippen LogP contribution in [0.4, 0.5) is 4.39 Å². The van der Waals surface area contributed by atoms with Gasteiger partial charge < -0.3 is 5.73 Å². The van der Waals surface area contributed by atoms with Gasteiger partial charge in [0.05, 0.1) is 0 Å². The average Bonchev–Trinajstić information content (AvgIpc) is 1.80. The summed E-state index contributed by atoms with van der Waals surface area (Å²) in [5.74, 6) is 0. The van der Waals surface area contributed by atoms with Crippen LogP contribution >= 0.6 is 0 Å². The predicted octanol–water partition coefficient (Wildman–Crippen LogP) is 0.379. The highest BCUT2D eigenvalue weighted by atomic mass is 19.1. The molecule has 1 saturated carbocycles. The molecule has 1 heterocycles. The van der Waals surface area contributed by atoms with Crippen molar-refractivity contribution in [1.29, 1.82) is 0 Å². The Kier molecular flexibility index (Phi) is 1.65. The van der Waals surface area contributed by atoms with Crippen LogP contribution in [0.15, 0.2) is 0 Å². The smallest absolute Gasteiger partial charge is 0.102 e. The molecule has 2 N–H and O–H groups in total. The van der Waals surface area contributed by atoms with Crippen molar-refractivity contribution in [3.05, 3.63) is 0 Å². The quantitative estimate of drug-likeness (QED) is 0.629. The van der Waals surface area contributed by atoms with Crippen molar-refractivity contribution in [2.45, 2.75) is 18.9 Å². The molecular weight excluding hydrogens is 143 g/mol. The average molecular weight is 158 g/mol. The first-order chi connectivity index (χ1) is 5.24. The van der Waals surface area contributed by atoms with Crippen molar-refractivity contribution in [2.24, 2.45) is 11.1 Å². The van der Waals surface area contributed by atoms with E-state index in [1.54, 1.807) is 0 Å². The Labute approximate surface area is 66.5 Å². The molecule has 0 atom stereocenters. The highest BCUT2D eigenvalue weighted by molar-refractivity contribution is 5.05. The summed E-state index contributed by atoms with van der Waals surface area (Å²) in [6.45, 7) is 2.59. The van der Waals surface area contributed by atoms with Gasteiger partial charge >= 0.3 is 0 Å². The summed E-state index contributed by atoms with van der Waals surface area (Å²) in [6.07, 6.45) is 2.32. The van der Waals surface area contributed by atoms with Gasteiger partial charge in [-0.25, -0.2) is 4.39 Å². The number of rotatable bonds is 2. The molecule has 3 heteroatoms. The van der Waals surface area contributed by atoms with Crippen molar-refractivity contribution >= 4 is 0 Å². The third-order valence-electron chi connectivity index (χ3n) is 2.91. The van der Waals surface area contributed by atoms with Gasteiger partial charge in [0.15, 0.2) is 0 Å². The molecule has 1 aliphatic carbocycles. The van der Waals surface area contributed by atoms with Gasteiger partial charge in [0.25, 0.3) is 0 Å². The Bertz CT molecular complexity index is 146. The number of nitrogens with two attached hydrogens (primary N) is 1. The molecule has 0 amide bonds. The number of likely N-dealkylation sites (tertiary alicyclic amines) is 1. The maximum absolute atomic E-state index is 11.8. The third kappa shape index (κ3) is 1.16. The lowest BCUT2D eigenvalue weighted by atomic mass is 9.61. The fourth-order valence-corrected chi connectivity index (χ4v) is 2.49. The van der Waals surface area contributed by atoms with Crippen molar-refractivity contribution in [1.82, 2.24) is 4.90 Å². The van der Waals surface area contributed by atoms with E-state index in [1.807, 2.05) is 0 Å². The lowest BCUT2D eigenvalue weighted by molar-refractivity contribution is -0.0721. The standard InChI is InChI=1S/C8H15FN2/c9-1-2-11-5-8(6-11)3-7(10)4-8/h7H,1-6,10H2. The number of alkyl halides is 1. The second-order valence-electron chi connectivity index (χ2n) is 4.07. The molecule has 0 radical (unpaired) electrons. The molecule has 1 spiro atoms. The maximum Gasteiger partial charge on any atom is 0.102 e. The normalized spacial score (nSPS) is 30.0. The van der Waals surface area contributed by atoms with Gasteiger partial charge in [0.2, 0.25) is 0 Å². The Morgan fingerprint density at radius 2 is 2.09 bits per heavy atom. The number of halogens is 1. The Hall–Kier alpha value is -0.150. The van der Waals surface area contributed by atoms with E-state index in [0.717, 1.165) is 25.9 Å². The Morgan fingerprint density at radius 3 is 2.55 bits per heavy atom. The fraction of sp³-hybridized carbons (Fsp3) is 1.00. The van der Waals surface area contributed by atoms with E-state index in [0.29, 0.717) is 18.0 Å². The number of nitrogens with zero attached hydrogens (tertiary/aromatic N) is 1. The van der Waals surface area contributed by atoms with E-state index in [4.69, 9.17) is 5.73 Å². The van der Waals surface area contributed by atoms with Crippen LogP contribution in [0, 0.1) is 5.41 Å². The van der Waals surface area contributed by atoms with Crippen LogP contribution in [-0.4, -0.2) is 37.3 Å². The van der Waals surface area contributed by atoms with Crippen molar-refractivity contribution in [3.8, 4) is 0 Å². The molecule has 0 bridgehead atoms. The first-order valence-corrected chi connectivity index (χ1v) is 4.28. The zero-order valence-corrected chi connectivity index (χ0v) is 6.72. The lowest BCUT2D eigenvalue weighted by Crippen LogP contribution is -2.65. The summed E-state index contributed by atoms with van der Waals surface area (Å²) >= 11 is 0. The lowest BCUT2D eigenvalue weighted by Gasteiger charge is -2.58. The molecule has 2 rings (SSSR count). The van der Waals surface area contributed by atoms with Gasteiger partial charge in [-0.3, -0.25) is 4.90 Å². The second-order valence-corrected chi connectivity index (χ2v) is 4.07. The number of hydrogen-bond donors (Lipinski definition) is 1. The molecule has 2 fully saturated rings. The molecule has 1 saturated heterocycles. The van der Waals surface area contributed by atoms with Crippen LogP contribution in [0.1, 0.15) is 12.8 Å². The van der Waals surface area contributed by atoms with Gasteiger partial charge in [-0.2, -0.15) is 0 Å². The zero-order valence-electron chi connectivity index (χ0n) is 6.72. The minimum Gasteiger partial charge on any atom is -0.328 e. The molecule has 0 aromatic carbocycles. The monoisotopic (exact) mass is 158 g/mol. The molecule has 2 aliphatic rings. The van der Waals surface area contributed by atoms with Crippen LogP contribution in [-0.2, 0) is 0 Å². The van der Waals surface area contributed by atoms with Crippen LogP contribution in [0.2, 0.25) is 0 Å². The van der Waals surface area contributed by atoms with E-state index < -0.39 is 0 Å². The molecule has 0 aromatic heterocycles. The summed E-state index contributed by atoms with van der Waals surface area (Å²) in [4.78, 5) is 2.17. The minimum absolute atomic E-state index is 0.206. The summed E-state index contributed by atoms with van der Waals surface area (Å²) in [5, 5.41) is 0. The van der Waals surface area contributed by atoms with Gasteiger partial charge in [0.1, 0.15) is 6.67 Å². The third-order valence-corrected chi connectivity index (χ3v) is 2.91. The van der Waals surface area contributed by atoms with Gasteiger partial charge in [0, 0.05) is 25.7 Å².